The average molecular weight is 405 g/mol. The molecule has 0 bridgehead atoms. The Balaban J connectivity index is 1.54. The summed E-state index contributed by atoms with van der Waals surface area (Å²) >= 11 is 0. The van der Waals surface area contributed by atoms with Crippen LogP contribution in [0.2, 0.25) is 0 Å². The lowest BCUT2D eigenvalue weighted by Gasteiger charge is -2.28. The highest BCUT2D eigenvalue weighted by atomic mass is 32.2. The second kappa shape index (κ2) is 9.09. The third kappa shape index (κ3) is 5.24. The maximum Gasteiger partial charge on any atom is 0.240 e. The summed E-state index contributed by atoms with van der Waals surface area (Å²) in [5.41, 5.74) is 1.30. The first-order valence-electron chi connectivity index (χ1n) is 8.96. The van der Waals surface area contributed by atoms with Gasteiger partial charge >= 0.3 is 0 Å². The Kier molecular flexibility index (Phi) is 6.55. The number of hydrogen-bond donors (Lipinski definition) is 2. The van der Waals surface area contributed by atoms with Gasteiger partial charge in [0.15, 0.2) is 11.6 Å². The highest BCUT2D eigenvalue weighted by Gasteiger charge is 2.15. The highest BCUT2D eigenvalue weighted by Crippen LogP contribution is 2.17. The monoisotopic (exact) mass is 405 g/mol. The normalized spacial score (nSPS) is 14.7. The van der Waals surface area contributed by atoms with Gasteiger partial charge in [-0.3, -0.25) is 4.79 Å². The van der Waals surface area contributed by atoms with E-state index in [-0.39, 0.29) is 17.2 Å². The molecule has 10 heteroatoms. The van der Waals surface area contributed by atoms with Crippen molar-refractivity contribution in [3.05, 3.63) is 42.1 Å². The minimum atomic E-state index is -3.70. The van der Waals surface area contributed by atoms with E-state index < -0.39 is 10.0 Å². The van der Waals surface area contributed by atoms with Gasteiger partial charge in [0.2, 0.25) is 10.0 Å². The van der Waals surface area contributed by atoms with Gasteiger partial charge in [0.1, 0.15) is 0 Å². The highest BCUT2D eigenvalue weighted by molar-refractivity contribution is 7.89. The van der Waals surface area contributed by atoms with Crippen molar-refractivity contribution in [3.63, 3.8) is 0 Å². The number of ketones is 1. The first-order chi connectivity index (χ1) is 13.5. The molecule has 0 saturated carbocycles. The molecule has 1 saturated heterocycles. The topological polar surface area (TPSA) is 114 Å². The second-order valence-corrected chi connectivity index (χ2v) is 8.07. The lowest BCUT2D eigenvalue weighted by Crippen LogP contribution is -2.36. The maximum atomic E-state index is 12.4. The molecule has 0 atom stereocenters. The van der Waals surface area contributed by atoms with Crippen LogP contribution in [0.4, 0.5) is 11.5 Å². The van der Waals surface area contributed by atoms with Crippen LogP contribution in [0.1, 0.15) is 17.3 Å². The van der Waals surface area contributed by atoms with Crippen LogP contribution in [0.15, 0.2) is 41.4 Å². The Morgan fingerprint density at radius 3 is 2.75 bits per heavy atom. The molecule has 28 heavy (non-hydrogen) atoms. The van der Waals surface area contributed by atoms with Gasteiger partial charge in [0.05, 0.1) is 30.0 Å². The Labute approximate surface area is 164 Å². The average Bonchev–Trinajstić information content (AvgIpc) is 2.72. The number of nitrogens with one attached hydrogen (secondary N) is 2. The molecule has 2 heterocycles. The van der Waals surface area contributed by atoms with Crippen molar-refractivity contribution in [2.45, 2.75) is 11.8 Å². The number of ether oxygens (including phenoxy) is 1. The Morgan fingerprint density at radius 1 is 1.21 bits per heavy atom. The lowest BCUT2D eigenvalue weighted by atomic mass is 10.2. The Morgan fingerprint density at radius 2 is 2.00 bits per heavy atom. The largest absolute Gasteiger partial charge is 0.378 e. The van der Waals surface area contributed by atoms with E-state index in [4.69, 9.17) is 4.74 Å². The number of benzene rings is 1. The molecule has 0 unspecified atom stereocenters. The fourth-order valence-corrected chi connectivity index (χ4v) is 3.86. The van der Waals surface area contributed by atoms with Crippen molar-refractivity contribution in [2.75, 3.05) is 49.6 Å². The summed E-state index contributed by atoms with van der Waals surface area (Å²) in [5, 5.41) is 11.1. The van der Waals surface area contributed by atoms with E-state index in [2.05, 4.69) is 25.1 Å². The van der Waals surface area contributed by atoms with E-state index >= 15 is 0 Å². The van der Waals surface area contributed by atoms with Crippen molar-refractivity contribution in [2.24, 2.45) is 0 Å². The molecule has 1 aromatic carbocycles. The number of morpholine rings is 1. The van der Waals surface area contributed by atoms with E-state index in [9.17, 15) is 13.2 Å². The molecule has 0 amide bonds. The third-order valence-electron chi connectivity index (χ3n) is 4.29. The minimum absolute atomic E-state index is 0.0642. The smallest absolute Gasteiger partial charge is 0.240 e. The molecule has 2 aromatic rings. The molecule has 150 valence electrons. The fraction of sp³-hybridized carbons (Fsp3) is 0.389. The third-order valence-corrected chi connectivity index (χ3v) is 5.75. The molecule has 0 radical (unpaired) electrons. The van der Waals surface area contributed by atoms with Gasteiger partial charge in [0, 0.05) is 37.8 Å². The number of carbonyl (C=O) groups excluding carboxylic acids is 1. The quantitative estimate of drug-likeness (QED) is 0.492. The van der Waals surface area contributed by atoms with Crippen LogP contribution in [-0.4, -0.2) is 63.8 Å². The van der Waals surface area contributed by atoms with Crippen molar-refractivity contribution in [1.29, 1.82) is 0 Å². The zero-order valence-electron chi connectivity index (χ0n) is 15.6. The van der Waals surface area contributed by atoms with Crippen LogP contribution in [-0.2, 0) is 14.8 Å². The molecular weight excluding hydrogens is 382 g/mol. The first kappa shape index (κ1) is 20.2. The number of carbonyl (C=O) groups is 1. The molecule has 1 aromatic heterocycles. The van der Waals surface area contributed by atoms with Gasteiger partial charge in [-0.05, 0) is 19.1 Å². The minimum Gasteiger partial charge on any atom is -0.378 e. The zero-order valence-corrected chi connectivity index (χ0v) is 16.4. The van der Waals surface area contributed by atoms with E-state index in [1.165, 1.54) is 19.1 Å². The van der Waals surface area contributed by atoms with E-state index in [0.29, 0.717) is 31.1 Å². The van der Waals surface area contributed by atoms with Crippen LogP contribution in [0.25, 0.3) is 0 Å². The van der Waals surface area contributed by atoms with Crippen molar-refractivity contribution >= 4 is 27.3 Å². The molecule has 0 spiro atoms. The van der Waals surface area contributed by atoms with Crippen molar-refractivity contribution < 1.29 is 17.9 Å². The summed E-state index contributed by atoms with van der Waals surface area (Å²) < 4.78 is 32.6. The molecular formula is C18H23N5O4S. The van der Waals surface area contributed by atoms with Gasteiger partial charge in [-0.2, -0.15) is 5.10 Å². The SMILES string of the molecule is CC(=O)c1cccc(S(=O)(=O)NCCNc2cc(N3CCOCC3)cnn2)c1. The molecule has 1 aliphatic heterocycles. The molecule has 1 aliphatic rings. The number of hydrogen-bond acceptors (Lipinski definition) is 8. The van der Waals surface area contributed by atoms with Crippen LogP contribution in [0, 0.1) is 0 Å². The van der Waals surface area contributed by atoms with E-state index in [1.54, 1.807) is 18.3 Å². The zero-order chi connectivity index (χ0) is 20.0. The number of sulfonamides is 1. The summed E-state index contributed by atoms with van der Waals surface area (Å²) in [4.78, 5) is 13.7. The molecule has 0 aliphatic carbocycles. The molecule has 3 rings (SSSR count). The van der Waals surface area contributed by atoms with Crippen molar-refractivity contribution in [1.82, 2.24) is 14.9 Å². The predicted molar refractivity (Wildman–Crippen MR) is 105 cm³/mol. The maximum absolute atomic E-state index is 12.4. The van der Waals surface area contributed by atoms with Gasteiger partial charge < -0.3 is 15.0 Å². The van der Waals surface area contributed by atoms with E-state index in [0.717, 1.165) is 18.8 Å². The summed E-state index contributed by atoms with van der Waals surface area (Å²) in [6, 6.07) is 7.84. The predicted octanol–water partition coefficient (Wildman–Crippen LogP) is 0.906. The standard InChI is InChI=1S/C18H23N5O4S/c1-14(24)15-3-2-4-17(11-15)28(25,26)21-6-5-19-18-12-16(13-20-22-18)23-7-9-27-10-8-23/h2-4,11-13,21H,5-10H2,1H3,(H,19,22). The van der Waals surface area contributed by atoms with Crippen LogP contribution in [0.5, 0.6) is 0 Å². The van der Waals surface area contributed by atoms with Crippen LogP contribution >= 0.6 is 0 Å². The van der Waals surface area contributed by atoms with Gasteiger partial charge in [0.25, 0.3) is 0 Å². The van der Waals surface area contributed by atoms with Crippen LogP contribution < -0.4 is 14.9 Å². The first-order valence-corrected chi connectivity index (χ1v) is 10.4. The number of Topliss-reactive ketones (excluding diaryl/α,β-unsaturated/α-hetero) is 1. The molecule has 1 fully saturated rings. The van der Waals surface area contributed by atoms with E-state index in [1.807, 2.05) is 6.07 Å². The number of anilines is 2. The number of aromatic nitrogens is 2. The van der Waals surface area contributed by atoms with Gasteiger partial charge in [-0.15, -0.1) is 5.10 Å². The fourth-order valence-electron chi connectivity index (χ4n) is 2.78. The Hall–Kier alpha value is -2.56. The number of rotatable bonds is 8. The summed E-state index contributed by atoms with van der Waals surface area (Å²) in [7, 11) is -3.70. The lowest BCUT2D eigenvalue weighted by molar-refractivity contribution is 0.101. The number of nitrogens with zero attached hydrogens (tertiary/aromatic N) is 3. The second-order valence-electron chi connectivity index (χ2n) is 6.31. The van der Waals surface area contributed by atoms with Gasteiger partial charge in [-0.1, -0.05) is 12.1 Å². The summed E-state index contributed by atoms with van der Waals surface area (Å²) in [6.07, 6.45) is 1.70. The van der Waals surface area contributed by atoms with Crippen LogP contribution in [0.3, 0.4) is 0 Å². The molecule has 2 N–H and O–H groups in total. The Bertz CT molecular complexity index is 929. The summed E-state index contributed by atoms with van der Waals surface area (Å²) in [5.74, 6) is 0.388. The van der Waals surface area contributed by atoms with Gasteiger partial charge in [-0.25, -0.2) is 13.1 Å². The summed E-state index contributed by atoms with van der Waals surface area (Å²) in [6.45, 7) is 4.85. The van der Waals surface area contributed by atoms with Crippen molar-refractivity contribution in [3.8, 4) is 0 Å². The molecule has 9 nitrogen and oxygen atoms in total.